The lowest BCUT2D eigenvalue weighted by Crippen LogP contribution is -2.33. The number of fused-ring (bicyclic) bond motifs is 1. The SMILES string of the molecule is CC1NCCn2c(COC(C)(C)C)nnc21. The van der Waals surface area contributed by atoms with Crippen molar-refractivity contribution in [2.45, 2.75) is 52.5 Å². The van der Waals surface area contributed by atoms with Gasteiger partial charge in [-0.3, -0.25) is 0 Å². The Hall–Kier alpha value is -0.940. The van der Waals surface area contributed by atoms with Gasteiger partial charge in [-0.15, -0.1) is 10.2 Å². The number of hydrogen-bond donors (Lipinski definition) is 1. The summed E-state index contributed by atoms with van der Waals surface area (Å²) in [6.07, 6.45) is 0. The maximum absolute atomic E-state index is 5.73. The molecule has 1 aliphatic rings. The van der Waals surface area contributed by atoms with Crippen LogP contribution in [-0.2, 0) is 17.9 Å². The number of ether oxygens (including phenoxy) is 1. The fourth-order valence-corrected chi connectivity index (χ4v) is 1.79. The van der Waals surface area contributed by atoms with E-state index in [9.17, 15) is 0 Å². The zero-order chi connectivity index (χ0) is 11.8. The van der Waals surface area contributed by atoms with Gasteiger partial charge < -0.3 is 14.6 Å². The molecular formula is C11H20N4O. The molecule has 0 amide bonds. The molecule has 0 spiro atoms. The maximum Gasteiger partial charge on any atom is 0.159 e. The van der Waals surface area contributed by atoms with Crippen LogP contribution >= 0.6 is 0 Å². The summed E-state index contributed by atoms with van der Waals surface area (Å²) in [6, 6.07) is 0.282. The Labute approximate surface area is 96.2 Å². The van der Waals surface area contributed by atoms with Crippen molar-refractivity contribution in [2.75, 3.05) is 6.54 Å². The Bertz CT molecular complexity index is 367. The summed E-state index contributed by atoms with van der Waals surface area (Å²) < 4.78 is 7.89. The van der Waals surface area contributed by atoms with E-state index in [0.717, 1.165) is 24.7 Å². The van der Waals surface area contributed by atoms with Crippen LogP contribution in [-0.4, -0.2) is 26.9 Å². The molecule has 0 aromatic carbocycles. The molecule has 1 atom stereocenters. The van der Waals surface area contributed by atoms with Crippen molar-refractivity contribution in [1.29, 1.82) is 0 Å². The van der Waals surface area contributed by atoms with Crippen LogP contribution in [0.2, 0.25) is 0 Å². The minimum atomic E-state index is -0.134. The Balaban J connectivity index is 2.11. The van der Waals surface area contributed by atoms with E-state index in [4.69, 9.17) is 4.74 Å². The van der Waals surface area contributed by atoms with Gasteiger partial charge in [-0.25, -0.2) is 0 Å². The average molecular weight is 224 g/mol. The van der Waals surface area contributed by atoms with Gasteiger partial charge in [-0.1, -0.05) is 0 Å². The van der Waals surface area contributed by atoms with Crippen LogP contribution < -0.4 is 5.32 Å². The van der Waals surface area contributed by atoms with E-state index < -0.39 is 0 Å². The largest absolute Gasteiger partial charge is 0.368 e. The number of aromatic nitrogens is 3. The fraction of sp³-hybridized carbons (Fsp3) is 0.818. The van der Waals surface area contributed by atoms with Gasteiger partial charge in [-0.05, 0) is 27.7 Å². The molecule has 1 aromatic heterocycles. The van der Waals surface area contributed by atoms with Crippen molar-refractivity contribution in [1.82, 2.24) is 20.1 Å². The summed E-state index contributed by atoms with van der Waals surface area (Å²) in [5.74, 6) is 1.94. The smallest absolute Gasteiger partial charge is 0.159 e. The van der Waals surface area contributed by atoms with Crippen LogP contribution in [0.1, 0.15) is 45.4 Å². The van der Waals surface area contributed by atoms with Gasteiger partial charge in [0.25, 0.3) is 0 Å². The lowest BCUT2D eigenvalue weighted by molar-refractivity contribution is -0.0196. The average Bonchev–Trinajstić information content (AvgIpc) is 2.58. The molecule has 16 heavy (non-hydrogen) atoms. The first kappa shape index (κ1) is 11.5. The molecule has 5 nitrogen and oxygen atoms in total. The molecule has 0 radical (unpaired) electrons. The van der Waals surface area contributed by atoms with Crippen LogP contribution in [0.25, 0.3) is 0 Å². The zero-order valence-electron chi connectivity index (χ0n) is 10.4. The highest BCUT2D eigenvalue weighted by molar-refractivity contribution is 5.02. The third-order valence-electron chi connectivity index (χ3n) is 2.66. The predicted octanol–water partition coefficient (Wildman–Crippen LogP) is 1.26. The molecule has 0 bridgehead atoms. The van der Waals surface area contributed by atoms with Gasteiger partial charge >= 0.3 is 0 Å². The van der Waals surface area contributed by atoms with Crippen molar-refractivity contribution < 1.29 is 4.74 Å². The highest BCUT2D eigenvalue weighted by Crippen LogP contribution is 2.17. The third-order valence-corrected chi connectivity index (χ3v) is 2.66. The second-order valence-corrected chi connectivity index (χ2v) is 5.20. The molecule has 1 N–H and O–H groups in total. The lowest BCUT2D eigenvalue weighted by atomic mass is 10.2. The van der Waals surface area contributed by atoms with E-state index in [1.807, 2.05) is 20.8 Å². The highest BCUT2D eigenvalue weighted by atomic mass is 16.5. The number of hydrogen-bond acceptors (Lipinski definition) is 4. The molecule has 1 aliphatic heterocycles. The molecule has 1 unspecified atom stereocenters. The van der Waals surface area contributed by atoms with Crippen molar-refractivity contribution >= 4 is 0 Å². The van der Waals surface area contributed by atoms with Crippen molar-refractivity contribution in [3.63, 3.8) is 0 Å². The van der Waals surface area contributed by atoms with E-state index in [2.05, 4.69) is 27.0 Å². The van der Waals surface area contributed by atoms with E-state index in [1.54, 1.807) is 0 Å². The summed E-state index contributed by atoms with van der Waals surface area (Å²) >= 11 is 0. The second kappa shape index (κ2) is 4.14. The number of nitrogens with one attached hydrogen (secondary N) is 1. The molecular weight excluding hydrogens is 204 g/mol. The molecule has 0 saturated carbocycles. The summed E-state index contributed by atoms with van der Waals surface area (Å²) in [7, 11) is 0. The summed E-state index contributed by atoms with van der Waals surface area (Å²) in [4.78, 5) is 0. The fourth-order valence-electron chi connectivity index (χ4n) is 1.79. The molecule has 0 aliphatic carbocycles. The Kier molecular flexibility index (Phi) is 2.99. The van der Waals surface area contributed by atoms with Crippen LogP contribution in [0.15, 0.2) is 0 Å². The van der Waals surface area contributed by atoms with Crippen molar-refractivity contribution in [2.24, 2.45) is 0 Å². The summed E-state index contributed by atoms with van der Waals surface area (Å²) in [5, 5.41) is 11.8. The molecule has 0 fully saturated rings. The quantitative estimate of drug-likeness (QED) is 0.821. The van der Waals surface area contributed by atoms with Crippen molar-refractivity contribution in [3.05, 3.63) is 11.6 Å². The second-order valence-electron chi connectivity index (χ2n) is 5.20. The summed E-state index contributed by atoms with van der Waals surface area (Å²) in [5.41, 5.74) is -0.134. The first-order chi connectivity index (χ1) is 7.47. The van der Waals surface area contributed by atoms with Crippen LogP contribution in [0.3, 0.4) is 0 Å². The molecule has 2 rings (SSSR count). The van der Waals surface area contributed by atoms with E-state index in [0.29, 0.717) is 6.61 Å². The van der Waals surface area contributed by atoms with E-state index >= 15 is 0 Å². The van der Waals surface area contributed by atoms with Gasteiger partial charge in [0.2, 0.25) is 0 Å². The van der Waals surface area contributed by atoms with Crippen LogP contribution in [0, 0.1) is 0 Å². The first-order valence-corrected chi connectivity index (χ1v) is 5.77. The maximum atomic E-state index is 5.73. The normalized spacial score (nSPS) is 20.9. The molecule has 1 aromatic rings. The van der Waals surface area contributed by atoms with Gasteiger partial charge in [0.05, 0.1) is 11.6 Å². The van der Waals surface area contributed by atoms with Gasteiger partial charge in [0.15, 0.2) is 5.82 Å². The van der Waals surface area contributed by atoms with Gasteiger partial charge in [0.1, 0.15) is 12.4 Å². The Morgan fingerprint density at radius 1 is 1.44 bits per heavy atom. The first-order valence-electron chi connectivity index (χ1n) is 5.77. The zero-order valence-corrected chi connectivity index (χ0v) is 10.4. The topological polar surface area (TPSA) is 52.0 Å². The third kappa shape index (κ3) is 2.41. The number of rotatable bonds is 2. The lowest BCUT2D eigenvalue weighted by Gasteiger charge is -2.23. The number of nitrogens with zero attached hydrogens (tertiary/aromatic N) is 3. The van der Waals surface area contributed by atoms with E-state index in [-0.39, 0.29) is 11.6 Å². The molecule has 5 heteroatoms. The van der Waals surface area contributed by atoms with Gasteiger partial charge in [-0.2, -0.15) is 0 Å². The minimum absolute atomic E-state index is 0.134. The van der Waals surface area contributed by atoms with Crippen LogP contribution in [0.5, 0.6) is 0 Å². The van der Waals surface area contributed by atoms with E-state index in [1.165, 1.54) is 0 Å². The Morgan fingerprint density at radius 3 is 2.88 bits per heavy atom. The molecule has 0 saturated heterocycles. The predicted molar refractivity (Wildman–Crippen MR) is 61.0 cm³/mol. The Morgan fingerprint density at radius 2 is 2.19 bits per heavy atom. The minimum Gasteiger partial charge on any atom is -0.368 e. The summed E-state index contributed by atoms with van der Waals surface area (Å²) in [6.45, 7) is 10.7. The highest BCUT2D eigenvalue weighted by Gasteiger charge is 2.22. The monoisotopic (exact) mass is 224 g/mol. The molecule has 90 valence electrons. The molecule has 2 heterocycles. The van der Waals surface area contributed by atoms with Crippen molar-refractivity contribution in [3.8, 4) is 0 Å². The van der Waals surface area contributed by atoms with Gasteiger partial charge in [0, 0.05) is 13.1 Å². The standard InChI is InChI=1S/C11H20N4O/c1-8-10-14-13-9(7-16-11(2,3)4)15(10)6-5-12-8/h8,12H,5-7H2,1-4H3. The van der Waals surface area contributed by atoms with Crippen LogP contribution in [0.4, 0.5) is 0 Å².